The molecule has 142 valence electrons. The first-order valence-electron chi connectivity index (χ1n) is 9.07. The third-order valence-corrected chi connectivity index (χ3v) is 4.70. The number of nitrogens with zero attached hydrogens (tertiary/aromatic N) is 3. The number of rotatable bonds is 5. The van der Waals surface area contributed by atoms with E-state index in [1.165, 1.54) is 0 Å². The van der Waals surface area contributed by atoms with Crippen LogP contribution in [-0.4, -0.2) is 63.7 Å². The van der Waals surface area contributed by atoms with Gasteiger partial charge in [0, 0.05) is 51.6 Å². The average molecular weight is 367 g/mol. The van der Waals surface area contributed by atoms with Crippen molar-refractivity contribution in [2.45, 2.75) is 0 Å². The van der Waals surface area contributed by atoms with Crippen LogP contribution in [0.15, 0.2) is 54.6 Å². The van der Waals surface area contributed by atoms with Gasteiger partial charge in [-0.3, -0.25) is 4.79 Å². The van der Waals surface area contributed by atoms with Crippen molar-refractivity contribution in [2.24, 2.45) is 0 Å². The fourth-order valence-corrected chi connectivity index (χ4v) is 3.05. The second kappa shape index (κ2) is 8.58. The Balaban J connectivity index is 1.46. The molecule has 1 aliphatic rings. The van der Waals surface area contributed by atoms with Crippen LogP contribution >= 0.6 is 0 Å². The first kappa shape index (κ1) is 18.8. The highest BCUT2D eigenvalue weighted by molar-refractivity contribution is 5.91. The Morgan fingerprint density at radius 1 is 0.926 bits per heavy atom. The van der Waals surface area contributed by atoms with E-state index in [2.05, 4.69) is 17.0 Å². The number of hydrogen-bond acceptors (Lipinski definition) is 5. The van der Waals surface area contributed by atoms with Crippen LogP contribution in [0, 0.1) is 0 Å². The molecule has 0 spiro atoms. The van der Waals surface area contributed by atoms with Crippen molar-refractivity contribution in [2.75, 3.05) is 56.7 Å². The van der Waals surface area contributed by atoms with Crippen molar-refractivity contribution in [3.8, 4) is 0 Å². The Bertz CT molecular complexity index is 767. The highest BCUT2D eigenvalue weighted by Crippen LogP contribution is 2.16. The lowest BCUT2D eigenvalue weighted by molar-refractivity contribution is -0.134. The summed E-state index contributed by atoms with van der Waals surface area (Å²) >= 11 is 0. The van der Waals surface area contributed by atoms with E-state index < -0.39 is 5.97 Å². The maximum absolute atomic E-state index is 12.3. The summed E-state index contributed by atoms with van der Waals surface area (Å²) in [4.78, 5) is 30.4. The molecule has 0 atom stereocenters. The van der Waals surface area contributed by atoms with E-state index in [0.717, 1.165) is 24.5 Å². The number of carbonyl (C=O) groups excluding carboxylic acids is 2. The Labute approximate surface area is 159 Å². The molecule has 1 aliphatic heterocycles. The molecule has 0 saturated carbocycles. The SMILES string of the molecule is CN(C)c1ccc(C(=O)OCC(=O)N2CCN(c3ccccc3)CC2)cc1. The molecular weight excluding hydrogens is 342 g/mol. The summed E-state index contributed by atoms with van der Waals surface area (Å²) in [5, 5.41) is 0. The maximum Gasteiger partial charge on any atom is 0.338 e. The van der Waals surface area contributed by atoms with Crippen LogP contribution in [0.3, 0.4) is 0 Å². The van der Waals surface area contributed by atoms with Crippen molar-refractivity contribution in [3.05, 3.63) is 60.2 Å². The Morgan fingerprint density at radius 2 is 1.56 bits per heavy atom. The van der Waals surface area contributed by atoms with E-state index in [-0.39, 0.29) is 12.5 Å². The van der Waals surface area contributed by atoms with Gasteiger partial charge in [-0.25, -0.2) is 4.79 Å². The minimum absolute atomic E-state index is 0.152. The first-order chi connectivity index (χ1) is 13.0. The van der Waals surface area contributed by atoms with Gasteiger partial charge in [-0.05, 0) is 36.4 Å². The summed E-state index contributed by atoms with van der Waals surface area (Å²) in [6, 6.07) is 17.3. The molecule has 3 rings (SSSR count). The molecular formula is C21H25N3O3. The zero-order chi connectivity index (χ0) is 19.2. The van der Waals surface area contributed by atoms with Crippen molar-refractivity contribution >= 4 is 23.3 Å². The smallest absolute Gasteiger partial charge is 0.338 e. The van der Waals surface area contributed by atoms with Crippen LogP contribution in [0.2, 0.25) is 0 Å². The number of piperazine rings is 1. The molecule has 1 heterocycles. The summed E-state index contributed by atoms with van der Waals surface area (Å²) in [6.07, 6.45) is 0. The maximum atomic E-state index is 12.3. The number of ether oxygens (including phenoxy) is 1. The van der Waals surface area contributed by atoms with E-state index in [1.54, 1.807) is 17.0 Å². The molecule has 0 radical (unpaired) electrons. The van der Waals surface area contributed by atoms with Gasteiger partial charge in [-0.15, -0.1) is 0 Å². The minimum Gasteiger partial charge on any atom is -0.452 e. The summed E-state index contributed by atoms with van der Waals surface area (Å²) < 4.78 is 5.20. The van der Waals surface area contributed by atoms with Crippen molar-refractivity contribution < 1.29 is 14.3 Å². The molecule has 1 saturated heterocycles. The summed E-state index contributed by atoms with van der Waals surface area (Å²) in [5.74, 6) is -0.627. The second-order valence-electron chi connectivity index (χ2n) is 6.72. The van der Waals surface area contributed by atoms with Gasteiger partial charge in [-0.2, -0.15) is 0 Å². The zero-order valence-electron chi connectivity index (χ0n) is 15.8. The third-order valence-electron chi connectivity index (χ3n) is 4.70. The molecule has 2 aromatic rings. The molecule has 1 amide bonds. The van der Waals surface area contributed by atoms with Crippen LogP contribution in [-0.2, 0) is 9.53 Å². The highest BCUT2D eigenvalue weighted by Gasteiger charge is 2.22. The number of carbonyl (C=O) groups is 2. The fourth-order valence-electron chi connectivity index (χ4n) is 3.05. The largest absolute Gasteiger partial charge is 0.452 e. The van der Waals surface area contributed by atoms with Gasteiger partial charge in [-0.1, -0.05) is 18.2 Å². The van der Waals surface area contributed by atoms with Gasteiger partial charge < -0.3 is 19.4 Å². The second-order valence-corrected chi connectivity index (χ2v) is 6.72. The van der Waals surface area contributed by atoms with Crippen molar-refractivity contribution in [1.29, 1.82) is 0 Å². The molecule has 1 fully saturated rings. The molecule has 0 aromatic heterocycles. The molecule has 6 nitrogen and oxygen atoms in total. The Kier molecular flexibility index (Phi) is 5.96. The average Bonchev–Trinajstić information content (AvgIpc) is 2.72. The quantitative estimate of drug-likeness (QED) is 0.759. The van der Waals surface area contributed by atoms with Gasteiger partial charge in [0.1, 0.15) is 0 Å². The van der Waals surface area contributed by atoms with Gasteiger partial charge >= 0.3 is 5.97 Å². The van der Waals surface area contributed by atoms with Gasteiger partial charge in [0.25, 0.3) is 5.91 Å². The molecule has 2 aromatic carbocycles. The standard InChI is InChI=1S/C21H25N3O3/c1-22(2)18-10-8-17(9-11-18)21(26)27-16-20(25)24-14-12-23(13-15-24)19-6-4-3-5-7-19/h3-11H,12-16H2,1-2H3. The van der Waals surface area contributed by atoms with Crippen LogP contribution in [0.25, 0.3) is 0 Å². The lowest BCUT2D eigenvalue weighted by Gasteiger charge is -2.36. The lowest BCUT2D eigenvalue weighted by atomic mass is 10.2. The summed E-state index contributed by atoms with van der Waals surface area (Å²) in [7, 11) is 3.87. The zero-order valence-corrected chi connectivity index (χ0v) is 15.8. The molecule has 6 heteroatoms. The van der Waals surface area contributed by atoms with E-state index in [1.807, 2.05) is 49.3 Å². The molecule has 0 bridgehead atoms. The Morgan fingerprint density at radius 3 is 2.15 bits per heavy atom. The minimum atomic E-state index is -0.475. The first-order valence-corrected chi connectivity index (χ1v) is 9.07. The Hall–Kier alpha value is -3.02. The number of esters is 1. The van der Waals surface area contributed by atoms with E-state index in [4.69, 9.17) is 4.74 Å². The topological polar surface area (TPSA) is 53.1 Å². The highest BCUT2D eigenvalue weighted by atomic mass is 16.5. The van der Waals surface area contributed by atoms with Crippen LogP contribution < -0.4 is 9.80 Å². The summed E-state index contributed by atoms with van der Waals surface area (Å²) in [5.41, 5.74) is 2.61. The van der Waals surface area contributed by atoms with E-state index >= 15 is 0 Å². The number of para-hydroxylation sites is 1. The number of benzene rings is 2. The molecule has 0 aliphatic carbocycles. The number of amides is 1. The predicted octanol–water partition coefficient (Wildman–Crippen LogP) is 2.26. The van der Waals surface area contributed by atoms with E-state index in [9.17, 15) is 9.59 Å². The van der Waals surface area contributed by atoms with Crippen LogP contribution in [0.1, 0.15) is 10.4 Å². The van der Waals surface area contributed by atoms with Crippen molar-refractivity contribution in [1.82, 2.24) is 4.90 Å². The number of hydrogen-bond donors (Lipinski definition) is 0. The van der Waals surface area contributed by atoms with Gasteiger partial charge in [0.05, 0.1) is 5.56 Å². The van der Waals surface area contributed by atoms with Crippen molar-refractivity contribution in [3.63, 3.8) is 0 Å². The fraction of sp³-hybridized carbons (Fsp3) is 0.333. The van der Waals surface area contributed by atoms with Crippen LogP contribution in [0.4, 0.5) is 11.4 Å². The van der Waals surface area contributed by atoms with Gasteiger partial charge in [0.2, 0.25) is 0 Å². The molecule has 0 unspecified atom stereocenters. The third kappa shape index (κ3) is 4.78. The molecule has 27 heavy (non-hydrogen) atoms. The monoisotopic (exact) mass is 367 g/mol. The summed E-state index contributed by atoms with van der Waals surface area (Å²) in [6.45, 7) is 2.58. The number of anilines is 2. The van der Waals surface area contributed by atoms with E-state index in [0.29, 0.717) is 18.7 Å². The normalized spacial score (nSPS) is 14.0. The lowest BCUT2D eigenvalue weighted by Crippen LogP contribution is -2.49. The van der Waals surface area contributed by atoms with Gasteiger partial charge in [0.15, 0.2) is 6.61 Å². The predicted molar refractivity (Wildman–Crippen MR) is 106 cm³/mol. The van der Waals surface area contributed by atoms with Crippen LogP contribution in [0.5, 0.6) is 0 Å². The molecule has 0 N–H and O–H groups in total.